The highest BCUT2D eigenvalue weighted by Gasteiger charge is 2.13. The molecule has 0 aliphatic heterocycles. The van der Waals surface area contributed by atoms with Gasteiger partial charge in [-0.05, 0) is 36.2 Å². The molecule has 5 nitrogen and oxygen atoms in total. The highest BCUT2D eigenvalue weighted by Crippen LogP contribution is 2.28. The van der Waals surface area contributed by atoms with Crippen LogP contribution in [0.2, 0.25) is 5.02 Å². The van der Waals surface area contributed by atoms with Crippen LogP contribution in [-0.4, -0.2) is 21.9 Å². The highest BCUT2D eigenvalue weighted by molar-refractivity contribution is 7.99. The smallest absolute Gasteiger partial charge is 0.277 e. The molecule has 1 aromatic heterocycles. The fourth-order valence-corrected chi connectivity index (χ4v) is 2.94. The average molecular weight is 374 g/mol. The summed E-state index contributed by atoms with van der Waals surface area (Å²) in [6.07, 6.45) is 0.967. The Balaban J connectivity index is 1.56. The number of aromatic nitrogens is 2. The first kappa shape index (κ1) is 17.5. The molecule has 0 saturated heterocycles. The van der Waals surface area contributed by atoms with Gasteiger partial charge in [0, 0.05) is 5.69 Å². The maximum atomic E-state index is 12.0. The van der Waals surface area contributed by atoms with Crippen molar-refractivity contribution >= 4 is 35.0 Å². The second-order valence-electron chi connectivity index (χ2n) is 5.24. The number of carbonyl (C=O) groups is 1. The number of nitrogens with zero attached hydrogens (tertiary/aromatic N) is 2. The van der Waals surface area contributed by atoms with E-state index in [1.807, 2.05) is 36.4 Å². The lowest BCUT2D eigenvalue weighted by Crippen LogP contribution is -2.13. The van der Waals surface area contributed by atoms with E-state index in [4.69, 9.17) is 16.0 Å². The maximum Gasteiger partial charge on any atom is 0.277 e. The number of hydrogen-bond donors (Lipinski definition) is 1. The molecule has 0 radical (unpaired) electrons. The van der Waals surface area contributed by atoms with Gasteiger partial charge in [0.15, 0.2) is 0 Å². The Hall–Kier alpha value is -2.31. The zero-order chi connectivity index (χ0) is 17.6. The quantitative estimate of drug-likeness (QED) is 0.635. The second-order valence-corrected chi connectivity index (χ2v) is 6.57. The summed E-state index contributed by atoms with van der Waals surface area (Å²) < 4.78 is 5.56. The molecule has 1 heterocycles. The number of nitrogens with one attached hydrogen (secondary N) is 1. The van der Waals surface area contributed by atoms with Crippen molar-refractivity contribution in [1.29, 1.82) is 0 Å². The van der Waals surface area contributed by atoms with Gasteiger partial charge in [-0.15, -0.1) is 10.2 Å². The Morgan fingerprint density at radius 3 is 2.64 bits per heavy atom. The van der Waals surface area contributed by atoms with Crippen LogP contribution in [0.15, 0.2) is 58.2 Å². The fourth-order valence-electron chi connectivity index (χ4n) is 2.16. The lowest BCUT2D eigenvalue weighted by Gasteiger charge is -2.04. The zero-order valence-corrected chi connectivity index (χ0v) is 15.1. The molecule has 7 heteroatoms. The molecule has 0 unspecified atom stereocenters. The van der Waals surface area contributed by atoms with Crippen molar-refractivity contribution in [2.45, 2.75) is 18.6 Å². The van der Waals surface area contributed by atoms with Gasteiger partial charge in [-0.2, -0.15) is 0 Å². The third-order valence-corrected chi connectivity index (χ3v) is 4.63. The van der Waals surface area contributed by atoms with Crippen molar-refractivity contribution < 1.29 is 9.21 Å². The summed E-state index contributed by atoms with van der Waals surface area (Å²) in [6, 6.07) is 15.0. The molecule has 128 valence electrons. The van der Waals surface area contributed by atoms with Crippen LogP contribution in [0.4, 0.5) is 5.69 Å². The topological polar surface area (TPSA) is 68.0 Å². The highest BCUT2D eigenvalue weighted by atomic mass is 35.5. The fraction of sp³-hybridized carbons (Fsp3) is 0.167. The summed E-state index contributed by atoms with van der Waals surface area (Å²) in [4.78, 5) is 12.0. The molecule has 0 bridgehead atoms. The number of anilines is 1. The van der Waals surface area contributed by atoms with Gasteiger partial charge in [0.25, 0.3) is 5.22 Å². The van der Waals surface area contributed by atoms with Crippen LogP contribution >= 0.6 is 23.4 Å². The molecular weight excluding hydrogens is 358 g/mol. The van der Waals surface area contributed by atoms with Crippen molar-refractivity contribution in [1.82, 2.24) is 10.2 Å². The Morgan fingerprint density at radius 1 is 1.16 bits per heavy atom. The van der Waals surface area contributed by atoms with Crippen LogP contribution in [0.25, 0.3) is 11.5 Å². The predicted octanol–water partition coefficient (Wildman–Crippen LogP) is 4.68. The van der Waals surface area contributed by atoms with Gasteiger partial charge in [0.1, 0.15) is 0 Å². The number of hydrogen-bond acceptors (Lipinski definition) is 5. The van der Waals surface area contributed by atoms with Crippen LogP contribution < -0.4 is 5.32 Å². The van der Waals surface area contributed by atoms with E-state index in [-0.39, 0.29) is 11.7 Å². The summed E-state index contributed by atoms with van der Waals surface area (Å²) in [5, 5.41) is 11.6. The number of aryl methyl sites for hydroxylation is 1. The first-order valence-electron chi connectivity index (χ1n) is 7.75. The number of amides is 1. The third-order valence-electron chi connectivity index (χ3n) is 3.48. The molecule has 3 rings (SSSR count). The minimum absolute atomic E-state index is 0.133. The first-order chi connectivity index (χ1) is 12.2. The molecule has 2 aromatic carbocycles. The summed E-state index contributed by atoms with van der Waals surface area (Å²) in [5.74, 6) is 0.384. The standard InChI is InChI=1S/C18H16ClN3O2S/c1-2-12-7-9-13(10-8-12)20-16(23)11-25-18-22-21-17(24-18)14-5-3-4-6-15(14)19/h3-10H,2,11H2,1H3,(H,20,23). The van der Waals surface area contributed by atoms with Gasteiger partial charge >= 0.3 is 0 Å². The molecule has 0 fully saturated rings. The molecule has 0 aliphatic rings. The van der Waals surface area contributed by atoms with E-state index in [0.29, 0.717) is 21.7 Å². The molecular formula is C18H16ClN3O2S. The maximum absolute atomic E-state index is 12.0. The Kier molecular flexibility index (Phi) is 5.73. The SMILES string of the molecule is CCc1ccc(NC(=O)CSc2nnc(-c3ccccc3Cl)o2)cc1. The molecule has 0 aliphatic carbocycles. The summed E-state index contributed by atoms with van der Waals surface area (Å²) >= 11 is 7.29. The summed E-state index contributed by atoms with van der Waals surface area (Å²) in [7, 11) is 0. The largest absolute Gasteiger partial charge is 0.411 e. The van der Waals surface area contributed by atoms with E-state index in [9.17, 15) is 4.79 Å². The van der Waals surface area contributed by atoms with Crippen LogP contribution in [0, 0.1) is 0 Å². The summed E-state index contributed by atoms with van der Waals surface area (Å²) in [5.41, 5.74) is 2.67. The molecule has 0 spiro atoms. The van der Waals surface area contributed by atoms with Crippen LogP contribution in [0.3, 0.4) is 0 Å². The van der Waals surface area contributed by atoms with E-state index >= 15 is 0 Å². The number of carbonyl (C=O) groups excluding carboxylic acids is 1. The van der Waals surface area contributed by atoms with Crippen molar-refractivity contribution in [3.63, 3.8) is 0 Å². The number of rotatable bonds is 6. The lowest BCUT2D eigenvalue weighted by atomic mass is 10.1. The van der Waals surface area contributed by atoms with Gasteiger partial charge in [-0.1, -0.05) is 54.6 Å². The molecule has 1 N–H and O–H groups in total. The average Bonchev–Trinajstić information content (AvgIpc) is 3.10. The minimum atomic E-state index is -0.133. The van der Waals surface area contributed by atoms with Crippen molar-refractivity contribution in [2.24, 2.45) is 0 Å². The summed E-state index contributed by atoms with van der Waals surface area (Å²) in [6.45, 7) is 2.09. The van der Waals surface area contributed by atoms with E-state index < -0.39 is 0 Å². The third kappa shape index (κ3) is 4.61. The molecule has 3 aromatic rings. The van der Waals surface area contributed by atoms with Gasteiger partial charge in [-0.25, -0.2) is 0 Å². The first-order valence-corrected chi connectivity index (χ1v) is 9.12. The lowest BCUT2D eigenvalue weighted by molar-refractivity contribution is -0.113. The van der Waals surface area contributed by atoms with E-state index in [1.54, 1.807) is 12.1 Å². The van der Waals surface area contributed by atoms with Crippen LogP contribution in [0.1, 0.15) is 12.5 Å². The number of thioether (sulfide) groups is 1. The van der Waals surface area contributed by atoms with E-state index in [1.165, 1.54) is 17.3 Å². The van der Waals surface area contributed by atoms with E-state index in [2.05, 4.69) is 22.4 Å². The Morgan fingerprint density at radius 2 is 1.92 bits per heavy atom. The minimum Gasteiger partial charge on any atom is -0.411 e. The molecule has 0 saturated carbocycles. The van der Waals surface area contributed by atoms with Crippen molar-refractivity contribution in [3.8, 4) is 11.5 Å². The monoisotopic (exact) mass is 373 g/mol. The van der Waals surface area contributed by atoms with Crippen molar-refractivity contribution in [3.05, 3.63) is 59.1 Å². The molecule has 0 atom stereocenters. The second kappa shape index (κ2) is 8.18. The molecule has 1 amide bonds. The normalized spacial score (nSPS) is 10.6. The van der Waals surface area contributed by atoms with Gasteiger partial charge in [0.05, 0.1) is 16.3 Å². The van der Waals surface area contributed by atoms with E-state index in [0.717, 1.165) is 12.1 Å². The molecule has 25 heavy (non-hydrogen) atoms. The van der Waals surface area contributed by atoms with Crippen LogP contribution in [-0.2, 0) is 11.2 Å². The zero-order valence-electron chi connectivity index (χ0n) is 13.5. The Bertz CT molecular complexity index is 865. The van der Waals surface area contributed by atoms with Crippen molar-refractivity contribution in [2.75, 3.05) is 11.1 Å². The van der Waals surface area contributed by atoms with Gasteiger partial charge in [-0.3, -0.25) is 4.79 Å². The number of halogens is 1. The van der Waals surface area contributed by atoms with Crippen LogP contribution in [0.5, 0.6) is 0 Å². The Labute approximate surface area is 154 Å². The number of benzene rings is 2. The van der Waals surface area contributed by atoms with Gasteiger partial charge in [0.2, 0.25) is 11.8 Å². The van der Waals surface area contributed by atoms with Gasteiger partial charge < -0.3 is 9.73 Å². The predicted molar refractivity (Wildman–Crippen MR) is 99.9 cm³/mol.